The Hall–Kier alpha value is -6.80. The minimum Gasteiger partial charge on any atom is -0.508 e. The molecule has 4 aliphatic heterocycles. The Balaban J connectivity index is 1.24. The van der Waals surface area contributed by atoms with E-state index in [0.717, 1.165) is 22.3 Å². The summed E-state index contributed by atoms with van der Waals surface area (Å²) in [5, 5.41) is 42.5. The Morgan fingerprint density at radius 3 is 0.740 bits per heavy atom. The van der Waals surface area contributed by atoms with Crippen molar-refractivity contribution < 1.29 is 20.4 Å². The van der Waals surface area contributed by atoms with E-state index >= 15 is 0 Å². The van der Waals surface area contributed by atoms with Crippen LogP contribution >= 0.6 is 0 Å². The van der Waals surface area contributed by atoms with Crippen molar-refractivity contribution in [3.63, 3.8) is 0 Å². The zero-order valence-corrected chi connectivity index (χ0v) is 26.8. The van der Waals surface area contributed by atoms with Crippen LogP contribution in [-0.2, 0) is 12.8 Å². The molecule has 0 fully saturated rings. The third-order valence-corrected chi connectivity index (χ3v) is 8.34. The van der Waals surface area contributed by atoms with Crippen LogP contribution < -0.4 is 0 Å². The number of nitrogens with zero attached hydrogens (tertiary/aromatic N) is 4. The summed E-state index contributed by atoms with van der Waals surface area (Å²) in [5.41, 5.74) is 8.67. The lowest BCUT2D eigenvalue weighted by atomic mass is 10.0. The average molecular weight is 657 g/mol. The van der Waals surface area contributed by atoms with Crippen LogP contribution in [-0.4, -0.2) is 45.3 Å². The summed E-state index contributed by atoms with van der Waals surface area (Å²) in [6.07, 6.45) is 7.57. The summed E-state index contributed by atoms with van der Waals surface area (Å²) < 4.78 is 0. The van der Waals surface area contributed by atoms with Crippen molar-refractivity contribution in [1.82, 2.24) is 0 Å². The van der Waals surface area contributed by atoms with E-state index in [0.29, 0.717) is 45.0 Å². The second kappa shape index (κ2) is 14.1. The maximum atomic E-state index is 10.6. The van der Waals surface area contributed by atoms with Gasteiger partial charge in [0.1, 0.15) is 23.0 Å². The van der Waals surface area contributed by atoms with E-state index in [-0.39, 0.29) is 35.8 Å². The predicted molar refractivity (Wildman–Crippen MR) is 200 cm³/mol. The quantitative estimate of drug-likeness (QED) is 0.130. The molecule has 10 rings (SSSR count). The monoisotopic (exact) mass is 656 g/mol. The van der Waals surface area contributed by atoms with Crippen LogP contribution in [0.2, 0.25) is 0 Å². The minimum absolute atomic E-state index is 0.113. The molecule has 0 aliphatic carbocycles. The number of rotatable bonds is 0. The largest absolute Gasteiger partial charge is 0.508 e. The molecule has 0 unspecified atom stereocenters. The van der Waals surface area contributed by atoms with E-state index in [1.54, 1.807) is 97.7 Å². The first-order chi connectivity index (χ1) is 24.3. The Labute approximate surface area is 289 Å². The van der Waals surface area contributed by atoms with Crippen molar-refractivity contribution >= 4 is 47.6 Å². The van der Waals surface area contributed by atoms with Gasteiger partial charge in [-0.05, 0) is 95.1 Å². The van der Waals surface area contributed by atoms with Crippen LogP contribution in [0.4, 0.5) is 22.7 Å². The van der Waals surface area contributed by atoms with Crippen LogP contribution in [0.3, 0.4) is 0 Å². The fourth-order valence-electron chi connectivity index (χ4n) is 5.52. The fraction of sp³-hybridized carbons (Fsp3) is 0.0476. The molecule has 8 heteroatoms. The topological polar surface area (TPSA) is 130 Å². The van der Waals surface area contributed by atoms with Gasteiger partial charge in [0.2, 0.25) is 0 Å². The molecule has 6 aromatic rings. The normalized spacial score (nSPS) is 12.6. The number of aromatic hydroxyl groups is 4. The molecule has 0 atom stereocenters. The van der Waals surface area contributed by atoms with Crippen LogP contribution in [0.25, 0.3) is 0 Å². The van der Waals surface area contributed by atoms with Crippen molar-refractivity contribution in [3.05, 3.63) is 166 Å². The van der Waals surface area contributed by atoms with Gasteiger partial charge >= 0.3 is 0 Å². The lowest BCUT2D eigenvalue weighted by Crippen LogP contribution is -1.91. The van der Waals surface area contributed by atoms with Crippen LogP contribution in [0.15, 0.2) is 141 Å². The van der Waals surface area contributed by atoms with Gasteiger partial charge in [0.05, 0.1) is 22.7 Å². The van der Waals surface area contributed by atoms with Crippen molar-refractivity contribution in [2.45, 2.75) is 12.8 Å². The first-order valence-corrected chi connectivity index (χ1v) is 16.0. The molecule has 0 radical (unpaired) electrons. The number of benzene rings is 6. The highest BCUT2D eigenvalue weighted by Crippen LogP contribution is 2.32. The first-order valence-electron chi connectivity index (χ1n) is 16.0. The Morgan fingerprint density at radius 2 is 0.520 bits per heavy atom. The highest BCUT2D eigenvalue weighted by molar-refractivity contribution is 5.87. The van der Waals surface area contributed by atoms with E-state index in [4.69, 9.17) is 0 Å². The van der Waals surface area contributed by atoms with Gasteiger partial charge in [0, 0.05) is 60.0 Å². The maximum Gasteiger partial charge on any atom is 0.119 e. The molecule has 4 aliphatic rings. The molecular weight excluding hydrogens is 624 g/mol. The molecule has 6 aromatic carbocycles. The molecule has 4 heterocycles. The average Bonchev–Trinajstić information content (AvgIpc) is 3.13. The van der Waals surface area contributed by atoms with Crippen LogP contribution in [0, 0.1) is 0 Å². The van der Waals surface area contributed by atoms with Gasteiger partial charge in [0.15, 0.2) is 0 Å². The molecule has 244 valence electrons. The third-order valence-electron chi connectivity index (χ3n) is 8.34. The first kappa shape index (κ1) is 31.8. The van der Waals surface area contributed by atoms with E-state index in [9.17, 15) is 20.4 Å². The number of phenols is 4. The van der Waals surface area contributed by atoms with E-state index in [2.05, 4.69) is 20.0 Å². The smallest absolute Gasteiger partial charge is 0.119 e. The van der Waals surface area contributed by atoms with Crippen molar-refractivity contribution in [3.8, 4) is 23.0 Å². The molecule has 50 heavy (non-hydrogen) atoms. The van der Waals surface area contributed by atoms with Gasteiger partial charge in [-0.1, -0.05) is 48.5 Å². The fourth-order valence-corrected chi connectivity index (χ4v) is 5.52. The summed E-state index contributed by atoms with van der Waals surface area (Å²) in [6, 6.07) is 36.0. The number of hydrogen-bond donors (Lipinski definition) is 4. The van der Waals surface area contributed by atoms with Gasteiger partial charge in [-0.3, -0.25) is 20.0 Å². The number of hydrogen-bond acceptors (Lipinski definition) is 8. The zero-order chi connectivity index (χ0) is 34.5. The molecule has 0 spiro atoms. The van der Waals surface area contributed by atoms with Crippen molar-refractivity contribution in [2.24, 2.45) is 20.0 Å². The third kappa shape index (κ3) is 7.67. The maximum absolute atomic E-state index is 10.6. The Bertz CT molecular complexity index is 1980. The van der Waals surface area contributed by atoms with E-state index < -0.39 is 0 Å². The summed E-state index contributed by atoms with van der Waals surface area (Å²) in [4.78, 5) is 18.5. The number of aliphatic imine (C=N–C) groups is 4. The van der Waals surface area contributed by atoms with Gasteiger partial charge in [-0.25, -0.2) is 0 Å². The molecule has 0 saturated heterocycles. The summed E-state index contributed by atoms with van der Waals surface area (Å²) in [6.45, 7) is 0. The van der Waals surface area contributed by atoms with Gasteiger partial charge < -0.3 is 20.4 Å². The lowest BCUT2D eigenvalue weighted by Gasteiger charge is -2.09. The minimum atomic E-state index is 0.113. The highest BCUT2D eigenvalue weighted by Gasteiger charge is 2.11. The Morgan fingerprint density at radius 1 is 0.300 bits per heavy atom. The number of phenolic OH excluding ortho intramolecular Hbond substituents is 4. The second-order valence-corrected chi connectivity index (χ2v) is 12.0. The molecule has 4 N–H and O–H groups in total. The predicted octanol–water partition coefficient (Wildman–Crippen LogP) is 9.01. The van der Waals surface area contributed by atoms with Gasteiger partial charge in [0.25, 0.3) is 0 Å². The molecule has 0 aromatic heterocycles. The summed E-state index contributed by atoms with van der Waals surface area (Å²) >= 11 is 0. The summed E-state index contributed by atoms with van der Waals surface area (Å²) in [7, 11) is 0. The van der Waals surface area contributed by atoms with Gasteiger partial charge in [-0.2, -0.15) is 0 Å². The van der Waals surface area contributed by atoms with Crippen molar-refractivity contribution in [1.29, 1.82) is 0 Å². The highest BCUT2D eigenvalue weighted by atomic mass is 16.3. The second-order valence-electron chi connectivity index (χ2n) is 12.0. The molecular formula is C42H32N4O4. The summed E-state index contributed by atoms with van der Waals surface area (Å²) in [5.74, 6) is 0.452. The Kier molecular flexibility index (Phi) is 8.98. The van der Waals surface area contributed by atoms with Crippen LogP contribution in [0.5, 0.6) is 23.0 Å². The van der Waals surface area contributed by atoms with Crippen molar-refractivity contribution in [2.75, 3.05) is 0 Å². The standard InChI is InChI=1S/C42H32N4O4/c47-39-13-9-35-19-31(39)17-33-21-37(11-15-41(33)49)45-25-29-5-7-30(8-6-29)26-46-38-12-16-42(50)34(22-38)18-32-20-36(10-14-40(32)48)44-24-28-2-1-27(3-4-28)23-43-35/h1-16,19-26,47-50H,17-18H2. The molecule has 0 saturated carbocycles. The molecule has 0 amide bonds. The van der Waals surface area contributed by atoms with Crippen LogP contribution in [0.1, 0.15) is 44.5 Å². The van der Waals surface area contributed by atoms with Gasteiger partial charge in [-0.15, -0.1) is 0 Å². The SMILES string of the molecule is Oc1ccc2cc1Cc1cc(ccc1O)N=Cc1ccc(cc1)C=Nc1ccc(O)c(c1)Cc1cc(ccc1O)N=Cc1ccc(cc1)C=N2. The lowest BCUT2D eigenvalue weighted by molar-refractivity contribution is 0.462. The molecule has 12 bridgehead atoms. The van der Waals surface area contributed by atoms with E-state index in [1.165, 1.54) is 0 Å². The van der Waals surface area contributed by atoms with E-state index in [1.807, 2.05) is 48.5 Å². The molecule has 8 nitrogen and oxygen atoms in total. The zero-order valence-electron chi connectivity index (χ0n) is 26.8.